The molecule has 1 saturated heterocycles. The fourth-order valence-corrected chi connectivity index (χ4v) is 4.04. The summed E-state index contributed by atoms with van der Waals surface area (Å²) < 4.78 is 7.85. The van der Waals surface area contributed by atoms with E-state index < -0.39 is 0 Å². The predicted octanol–water partition coefficient (Wildman–Crippen LogP) is 4.62. The molecule has 1 aliphatic heterocycles. The minimum absolute atomic E-state index is 0.459. The number of piperidine rings is 1. The molecule has 0 saturated carbocycles. The Hall–Kier alpha value is -2.56. The second-order valence-corrected chi connectivity index (χ2v) is 7.32. The van der Waals surface area contributed by atoms with Gasteiger partial charge >= 0.3 is 0 Å². The van der Waals surface area contributed by atoms with Gasteiger partial charge in [-0.15, -0.1) is 0 Å². The van der Waals surface area contributed by atoms with Crippen LogP contribution < -0.4 is 9.64 Å². The van der Waals surface area contributed by atoms with Crippen LogP contribution >= 0.6 is 0 Å². The Morgan fingerprint density at radius 1 is 1.22 bits per heavy atom. The van der Waals surface area contributed by atoms with Crippen LogP contribution in [0.5, 0.6) is 5.75 Å². The number of para-hydroxylation sites is 1. The van der Waals surface area contributed by atoms with Crippen LogP contribution in [0.25, 0.3) is 10.9 Å². The van der Waals surface area contributed by atoms with E-state index in [0.717, 1.165) is 48.5 Å². The maximum atomic E-state index is 5.51. The second-order valence-electron chi connectivity index (χ2n) is 7.32. The number of anilines is 1. The number of unbranched alkanes of at least 4 members (excludes halogenated alkanes) is 1. The van der Waals surface area contributed by atoms with E-state index in [1.165, 1.54) is 25.1 Å². The van der Waals surface area contributed by atoms with Crippen LogP contribution in [0.15, 0.2) is 42.7 Å². The van der Waals surface area contributed by atoms with Crippen molar-refractivity contribution in [3.05, 3.63) is 48.5 Å². The van der Waals surface area contributed by atoms with Crippen LogP contribution in [0.4, 0.5) is 5.82 Å². The Labute approximate surface area is 161 Å². The number of ether oxygens (including phenoxy) is 1. The van der Waals surface area contributed by atoms with Gasteiger partial charge in [-0.05, 0) is 37.5 Å². The highest BCUT2D eigenvalue weighted by Crippen LogP contribution is 2.31. The number of rotatable bonds is 6. The molecule has 4 rings (SSSR count). The lowest BCUT2D eigenvalue weighted by Crippen LogP contribution is -2.36. The molecule has 27 heavy (non-hydrogen) atoms. The highest BCUT2D eigenvalue weighted by molar-refractivity contribution is 5.86. The van der Waals surface area contributed by atoms with Gasteiger partial charge in [0.2, 0.25) is 0 Å². The highest BCUT2D eigenvalue weighted by Gasteiger charge is 2.25. The van der Waals surface area contributed by atoms with Crippen molar-refractivity contribution in [3.63, 3.8) is 0 Å². The number of hydrogen-bond acceptors (Lipinski definition) is 4. The normalized spacial score (nSPS) is 17.4. The Bertz CT molecular complexity index is 904. The molecule has 5 nitrogen and oxygen atoms in total. The number of aromatic nitrogens is 3. The first-order valence-corrected chi connectivity index (χ1v) is 10.00. The van der Waals surface area contributed by atoms with Gasteiger partial charge in [-0.2, -0.15) is 0 Å². The molecule has 142 valence electrons. The van der Waals surface area contributed by atoms with Crippen molar-refractivity contribution >= 4 is 16.7 Å². The molecule has 1 fully saturated rings. The Balaban J connectivity index is 1.58. The summed E-state index contributed by atoms with van der Waals surface area (Å²) in [5, 5.41) is 1.11. The van der Waals surface area contributed by atoms with E-state index >= 15 is 0 Å². The van der Waals surface area contributed by atoms with E-state index in [9.17, 15) is 0 Å². The maximum Gasteiger partial charge on any atom is 0.145 e. The molecule has 0 radical (unpaired) electrons. The molecule has 0 spiro atoms. The van der Waals surface area contributed by atoms with Crippen LogP contribution in [0.2, 0.25) is 0 Å². The lowest BCUT2D eigenvalue weighted by atomic mass is 9.97. The van der Waals surface area contributed by atoms with E-state index in [4.69, 9.17) is 14.7 Å². The van der Waals surface area contributed by atoms with Crippen molar-refractivity contribution in [2.24, 2.45) is 0 Å². The molecule has 0 unspecified atom stereocenters. The zero-order valence-corrected chi connectivity index (χ0v) is 16.3. The number of nitrogens with zero attached hydrogens (tertiary/aromatic N) is 4. The second kappa shape index (κ2) is 7.99. The molecule has 0 N–H and O–H groups in total. The maximum absolute atomic E-state index is 5.51. The molecular formula is C22H28N4O. The summed E-state index contributed by atoms with van der Waals surface area (Å²) in [7, 11) is 1.70. The largest absolute Gasteiger partial charge is 0.494 e. The van der Waals surface area contributed by atoms with E-state index in [-0.39, 0.29) is 0 Å². The summed E-state index contributed by atoms with van der Waals surface area (Å²) in [6.07, 6.45) is 8.84. The minimum atomic E-state index is 0.459. The fraction of sp³-hybridized carbons (Fsp3) is 0.455. The number of aryl methyl sites for hydroxylation is 1. The van der Waals surface area contributed by atoms with Crippen molar-refractivity contribution in [1.29, 1.82) is 0 Å². The minimum Gasteiger partial charge on any atom is -0.494 e. The van der Waals surface area contributed by atoms with Gasteiger partial charge in [0.25, 0.3) is 0 Å². The summed E-state index contributed by atoms with van der Waals surface area (Å²) in [5.74, 6) is 3.55. The zero-order valence-electron chi connectivity index (χ0n) is 16.3. The van der Waals surface area contributed by atoms with Crippen molar-refractivity contribution in [2.75, 3.05) is 25.1 Å². The number of benzene rings is 1. The first-order chi connectivity index (χ1) is 13.3. The van der Waals surface area contributed by atoms with Crippen molar-refractivity contribution < 1.29 is 4.74 Å². The lowest BCUT2D eigenvalue weighted by Gasteiger charge is -2.33. The van der Waals surface area contributed by atoms with Crippen molar-refractivity contribution in [1.82, 2.24) is 14.5 Å². The molecule has 1 aliphatic rings. The van der Waals surface area contributed by atoms with Crippen LogP contribution in [-0.2, 0) is 6.54 Å². The fourth-order valence-electron chi connectivity index (χ4n) is 4.04. The van der Waals surface area contributed by atoms with Crippen LogP contribution in [-0.4, -0.2) is 34.7 Å². The van der Waals surface area contributed by atoms with Gasteiger partial charge in [-0.1, -0.05) is 25.5 Å². The van der Waals surface area contributed by atoms with Crippen LogP contribution in [0.1, 0.15) is 44.3 Å². The SMILES string of the molecule is CCCCn1ccnc1[C@@H]1CCCN(c2ccc3cccc(OC)c3n2)C1. The van der Waals surface area contributed by atoms with E-state index in [1.54, 1.807) is 7.11 Å². The molecule has 0 aliphatic carbocycles. The molecule has 3 heterocycles. The lowest BCUT2D eigenvalue weighted by molar-refractivity contribution is 0.418. The molecule has 5 heteroatoms. The molecule has 1 atom stereocenters. The third kappa shape index (κ3) is 3.64. The summed E-state index contributed by atoms with van der Waals surface area (Å²) in [4.78, 5) is 12.0. The summed E-state index contributed by atoms with van der Waals surface area (Å²) in [5.41, 5.74) is 0.934. The number of fused-ring (bicyclic) bond motifs is 1. The first-order valence-electron chi connectivity index (χ1n) is 10.00. The topological polar surface area (TPSA) is 43.2 Å². The monoisotopic (exact) mass is 364 g/mol. The average molecular weight is 364 g/mol. The average Bonchev–Trinajstić information content (AvgIpc) is 3.20. The zero-order chi connectivity index (χ0) is 18.6. The number of pyridine rings is 1. The standard InChI is InChI=1S/C22H28N4O/c1-3-4-13-25-15-12-23-22(25)18-8-6-14-26(16-18)20-11-10-17-7-5-9-19(27-2)21(17)24-20/h5,7,9-12,15,18H,3-4,6,8,13-14,16H2,1-2H3/t18-/m1/s1. The molecule has 3 aromatic rings. The van der Waals surface area contributed by atoms with Gasteiger partial charge in [-0.3, -0.25) is 0 Å². The van der Waals surface area contributed by atoms with Gasteiger partial charge in [0.15, 0.2) is 0 Å². The van der Waals surface area contributed by atoms with Gasteiger partial charge in [-0.25, -0.2) is 9.97 Å². The van der Waals surface area contributed by atoms with Crippen LogP contribution in [0.3, 0.4) is 0 Å². The first kappa shape index (κ1) is 17.8. The molecule has 0 bridgehead atoms. The van der Waals surface area contributed by atoms with E-state index in [0.29, 0.717) is 5.92 Å². The quantitative estimate of drug-likeness (QED) is 0.640. The Morgan fingerprint density at radius 3 is 3.00 bits per heavy atom. The molecule has 1 aromatic carbocycles. The Morgan fingerprint density at radius 2 is 2.15 bits per heavy atom. The summed E-state index contributed by atoms with van der Waals surface area (Å²) >= 11 is 0. The van der Waals surface area contributed by atoms with Crippen molar-refractivity contribution in [3.8, 4) is 5.75 Å². The summed E-state index contributed by atoms with van der Waals surface area (Å²) in [6.45, 7) is 5.31. The molecular weight excluding hydrogens is 336 g/mol. The van der Waals surface area contributed by atoms with E-state index in [2.05, 4.69) is 40.8 Å². The molecule has 0 amide bonds. The number of hydrogen-bond donors (Lipinski definition) is 0. The number of imidazole rings is 1. The van der Waals surface area contributed by atoms with Gasteiger partial charge in [0.05, 0.1) is 7.11 Å². The summed E-state index contributed by atoms with van der Waals surface area (Å²) in [6, 6.07) is 10.3. The van der Waals surface area contributed by atoms with E-state index in [1.807, 2.05) is 18.3 Å². The Kier molecular flexibility index (Phi) is 5.28. The van der Waals surface area contributed by atoms with Gasteiger partial charge < -0.3 is 14.2 Å². The number of methoxy groups -OCH3 is 1. The highest BCUT2D eigenvalue weighted by atomic mass is 16.5. The third-order valence-electron chi connectivity index (χ3n) is 5.50. The van der Waals surface area contributed by atoms with Gasteiger partial charge in [0, 0.05) is 43.3 Å². The van der Waals surface area contributed by atoms with Crippen molar-refractivity contribution in [2.45, 2.75) is 45.1 Å². The van der Waals surface area contributed by atoms with Crippen LogP contribution in [0, 0.1) is 0 Å². The molecule has 2 aromatic heterocycles. The predicted molar refractivity (Wildman–Crippen MR) is 110 cm³/mol. The van der Waals surface area contributed by atoms with Gasteiger partial charge in [0.1, 0.15) is 22.9 Å². The third-order valence-corrected chi connectivity index (χ3v) is 5.50. The smallest absolute Gasteiger partial charge is 0.145 e.